The summed E-state index contributed by atoms with van der Waals surface area (Å²) in [6.45, 7) is 0.313. The quantitative estimate of drug-likeness (QED) is 0.393. The molecule has 32 heavy (non-hydrogen) atoms. The molecule has 0 fully saturated rings. The summed E-state index contributed by atoms with van der Waals surface area (Å²) in [7, 11) is 3.02. The normalized spacial score (nSPS) is 10.6. The van der Waals surface area contributed by atoms with Crippen LogP contribution < -0.4 is 19.6 Å². The Labute approximate surface area is 185 Å². The van der Waals surface area contributed by atoms with Crippen LogP contribution in [-0.4, -0.2) is 37.4 Å². The summed E-state index contributed by atoms with van der Waals surface area (Å²) in [4.78, 5) is 23.2. The Morgan fingerprint density at radius 3 is 2.06 bits per heavy atom. The van der Waals surface area contributed by atoms with E-state index in [0.29, 0.717) is 29.4 Å². The van der Waals surface area contributed by atoms with Crippen molar-refractivity contribution in [2.24, 2.45) is 5.10 Å². The van der Waals surface area contributed by atoms with Gasteiger partial charge in [0.2, 0.25) is 0 Å². The number of carbonyl (C=O) groups excluding carboxylic acids is 1. The number of amides is 1. The van der Waals surface area contributed by atoms with Crippen LogP contribution in [0.1, 0.15) is 31.8 Å². The smallest absolute Gasteiger partial charge is 0.335 e. The molecule has 0 saturated carbocycles. The van der Waals surface area contributed by atoms with E-state index in [-0.39, 0.29) is 5.56 Å². The van der Waals surface area contributed by atoms with Gasteiger partial charge in [0.05, 0.1) is 26.0 Å². The molecule has 0 aliphatic rings. The predicted octanol–water partition coefficient (Wildman–Crippen LogP) is 3.74. The molecule has 2 N–H and O–H groups in total. The maximum atomic E-state index is 12.3. The van der Waals surface area contributed by atoms with Gasteiger partial charge in [0.25, 0.3) is 5.91 Å². The monoisotopic (exact) mass is 434 g/mol. The minimum absolute atomic E-state index is 0.232. The van der Waals surface area contributed by atoms with Crippen LogP contribution in [0, 0.1) is 0 Å². The van der Waals surface area contributed by atoms with Crippen molar-refractivity contribution in [2.45, 2.75) is 6.61 Å². The minimum atomic E-state index is -0.964. The molecule has 3 rings (SSSR count). The minimum Gasteiger partial charge on any atom is -0.497 e. The molecule has 0 unspecified atom stereocenters. The van der Waals surface area contributed by atoms with Crippen molar-refractivity contribution in [3.8, 4) is 17.2 Å². The van der Waals surface area contributed by atoms with Gasteiger partial charge >= 0.3 is 5.97 Å². The van der Waals surface area contributed by atoms with E-state index in [2.05, 4.69) is 10.5 Å². The number of ether oxygens (including phenoxy) is 3. The number of hydrazone groups is 1. The number of nitrogens with one attached hydrogen (secondary N) is 1. The van der Waals surface area contributed by atoms with E-state index in [1.807, 2.05) is 0 Å². The van der Waals surface area contributed by atoms with Crippen molar-refractivity contribution in [3.05, 3.63) is 89.0 Å². The molecule has 0 radical (unpaired) electrons. The fourth-order valence-electron chi connectivity index (χ4n) is 2.73. The third kappa shape index (κ3) is 6.09. The Morgan fingerprint density at radius 2 is 1.50 bits per heavy atom. The van der Waals surface area contributed by atoms with Gasteiger partial charge in [-0.25, -0.2) is 10.2 Å². The second-order valence-electron chi connectivity index (χ2n) is 6.66. The molecule has 0 aliphatic carbocycles. The molecule has 164 valence electrons. The Balaban J connectivity index is 1.54. The number of benzene rings is 3. The number of carboxylic acid groups (broad SMARTS) is 1. The SMILES string of the molecule is COc1cc(OC)cc(C(=O)NN=Cc2ccc(OCc3ccc(C(=O)O)cc3)cc2)c1. The van der Waals surface area contributed by atoms with Crippen molar-refractivity contribution < 1.29 is 28.9 Å². The summed E-state index contributed by atoms with van der Waals surface area (Å²) in [6, 6.07) is 18.5. The van der Waals surface area contributed by atoms with Crippen LogP contribution in [0.5, 0.6) is 17.2 Å². The van der Waals surface area contributed by atoms with Crippen LogP contribution in [-0.2, 0) is 6.61 Å². The molecular formula is C24H22N2O6. The summed E-state index contributed by atoms with van der Waals surface area (Å²) in [6.07, 6.45) is 1.52. The molecule has 0 saturated heterocycles. The third-order valence-corrected chi connectivity index (χ3v) is 4.48. The first-order valence-electron chi connectivity index (χ1n) is 9.60. The van der Waals surface area contributed by atoms with E-state index in [1.54, 1.807) is 54.6 Å². The van der Waals surface area contributed by atoms with Crippen molar-refractivity contribution >= 4 is 18.1 Å². The van der Waals surface area contributed by atoms with E-state index in [0.717, 1.165) is 11.1 Å². The highest BCUT2D eigenvalue weighted by Crippen LogP contribution is 2.22. The van der Waals surface area contributed by atoms with Gasteiger partial charge in [-0.05, 0) is 59.7 Å². The predicted molar refractivity (Wildman–Crippen MR) is 119 cm³/mol. The Morgan fingerprint density at radius 1 is 0.875 bits per heavy atom. The fraction of sp³-hybridized carbons (Fsp3) is 0.125. The first-order chi connectivity index (χ1) is 15.5. The molecule has 3 aromatic carbocycles. The van der Waals surface area contributed by atoms with Crippen molar-refractivity contribution in [2.75, 3.05) is 14.2 Å². The summed E-state index contributed by atoms with van der Waals surface area (Å²) in [5, 5.41) is 12.9. The molecule has 0 heterocycles. The van der Waals surface area contributed by atoms with Gasteiger partial charge in [0, 0.05) is 11.6 Å². The largest absolute Gasteiger partial charge is 0.497 e. The van der Waals surface area contributed by atoms with Crippen LogP contribution in [0.4, 0.5) is 0 Å². The lowest BCUT2D eigenvalue weighted by atomic mass is 10.1. The molecule has 0 atom stereocenters. The average molecular weight is 434 g/mol. The van der Waals surface area contributed by atoms with Crippen LogP contribution >= 0.6 is 0 Å². The average Bonchev–Trinajstić information content (AvgIpc) is 2.83. The zero-order valence-corrected chi connectivity index (χ0v) is 17.6. The van der Waals surface area contributed by atoms with Crippen molar-refractivity contribution in [1.82, 2.24) is 5.43 Å². The first kappa shape index (κ1) is 22.4. The van der Waals surface area contributed by atoms with E-state index >= 15 is 0 Å². The lowest BCUT2D eigenvalue weighted by molar-refractivity contribution is 0.0696. The molecule has 0 bridgehead atoms. The Hall–Kier alpha value is -4.33. The molecule has 0 aliphatic heterocycles. The summed E-state index contributed by atoms with van der Waals surface area (Å²) >= 11 is 0. The van der Waals surface area contributed by atoms with Gasteiger partial charge in [0.15, 0.2) is 0 Å². The van der Waals surface area contributed by atoms with E-state index in [4.69, 9.17) is 19.3 Å². The zero-order valence-electron chi connectivity index (χ0n) is 17.6. The van der Waals surface area contributed by atoms with Gasteiger partial charge in [-0.15, -0.1) is 0 Å². The number of carboxylic acids is 1. The van der Waals surface area contributed by atoms with Crippen LogP contribution in [0.15, 0.2) is 71.8 Å². The third-order valence-electron chi connectivity index (χ3n) is 4.48. The first-order valence-corrected chi connectivity index (χ1v) is 9.60. The van der Waals surface area contributed by atoms with Gasteiger partial charge in [-0.1, -0.05) is 12.1 Å². The number of carbonyl (C=O) groups is 2. The summed E-state index contributed by atoms with van der Waals surface area (Å²) in [5.41, 5.74) is 4.69. The Bertz CT molecular complexity index is 1090. The number of aromatic carboxylic acids is 1. The fourth-order valence-corrected chi connectivity index (χ4v) is 2.73. The number of nitrogens with zero attached hydrogens (tertiary/aromatic N) is 1. The number of methoxy groups -OCH3 is 2. The Kier molecular flexibility index (Phi) is 7.42. The van der Waals surface area contributed by atoms with E-state index < -0.39 is 11.9 Å². The number of rotatable bonds is 9. The lowest BCUT2D eigenvalue weighted by Crippen LogP contribution is -2.17. The van der Waals surface area contributed by atoms with Gasteiger partial charge in [-0.2, -0.15) is 5.10 Å². The number of hydrogen-bond acceptors (Lipinski definition) is 6. The molecular weight excluding hydrogens is 412 g/mol. The van der Waals surface area contributed by atoms with Gasteiger partial charge < -0.3 is 19.3 Å². The molecule has 8 nitrogen and oxygen atoms in total. The van der Waals surface area contributed by atoms with E-state index in [9.17, 15) is 9.59 Å². The highest BCUT2D eigenvalue weighted by atomic mass is 16.5. The summed E-state index contributed by atoms with van der Waals surface area (Å²) in [5.74, 6) is 0.303. The van der Waals surface area contributed by atoms with Gasteiger partial charge in [0.1, 0.15) is 23.9 Å². The highest BCUT2D eigenvalue weighted by Gasteiger charge is 2.09. The van der Waals surface area contributed by atoms with Crippen LogP contribution in [0.3, 0.4) is 0 Å². The maximum Gasteiger partial charge on any atom is 0.335 e. The summed E-state index contributed by atoms with van der Waals surface area (Å²) < 4.78 is 16.0. The second kappa shape index (κ2) is 10.6. The number of hydrogen-bond donors (Lipinski definition) is 2. The van der Waals surface area contributed by atoms with Crippen LogP contribution in [0.2, 0.25) is 0 Å². The second-order valence-corrected chi connectivity index (χ2v) is 6.66. The van der Waals surface area contributed by atoms with Crippen molar-refractivity contribution in [3.63, 3.8) is 0 Å². The van der Waals surface area contributed by atoms with E-state index in [1.165, 1.54) is 32.6 Å². The highest BCUT2D eigenvalue weighted by molar-refractivity contribution is 5.95. The van der Waals surface area contributed by atoms with Crippen LogP contribution in [0.25, 0.3) is 0 Å². The molecule has 8 heteroatoms. The van der Waals surface area contributed by atoms with Gasteiger partial charge in [-0.3, -0.25) is 4.79 Å². The molecule has 3 aromatic rings. The zero-order chi connectivity index (χ0) is 22.9. The standard InChI is InChI=1S/C24H22N2O6/c1-30-21-11-19(12-22(13-21)31-2)23(27)26-25-14-16-5-9-20(10-6-16)32-15-17-3-7-18(8-4-17)24(28)29/h3-14H,15H2,1-2H3,(H,26,27)(H,28,29). The van der Waals surface area contributed by atoms with Crippen molar-refractivity contribution in [1.29, 1.82) is 0 Å². The molecule has 0 spiro atoms. The molecule has 1 amide bonds. The molecule has 0 aromatic heterocycles. The maximum absolute atomic E-state index is 12.3. The topological polar surface area (TPSA) is 106 Å². The lowest BCUT2D eigenvalue weighted by Gasteiger charge is -2.07.